The van der Waals surface area contributed by atoms with Gasteiger partial charge in [0.2, 0.25) is 11.8 Å². The van der Waals surface area contributed by atoms with Crippen molar-refractivity contribution in [2.45, 2.75) is 59.2 Å². The minimum atomic E-state index is -3.96. The lowest BCUT2D eigenvalue weighted by atomic mass is 10.0. The summed E-state index contributed by atoms with van der Waals surface area (Å²) in [5, 5.41) is 2.96. The summed E-state index contributed by atoms with van der Waals surface area (Å²) in [6, 6.07) is 15.4. The molecule has 2 aromatic carbocycles. The zero-order valence-electron chi connectivity index (χ0n) is 21.8. The molecule has 9 heteroatoms. The third-order valence-electron chi connectivity index (χ3n) is 5.38. The number of nitrogens with zero attached hydrogens (tertiary/aromatic N) is 3. The van der Waals surface area contributed by atoms with E-state index in [1.165, 1.54) is 19.0 Å². The zero-order chi connectivity index (χ0) is 26.4. The van der Waals surface area contributed by atoms with Gasteiger partial charge in [-0.1, -0.05) is 55.0 Å². The fraction of sp³-hybridized carbons (Fsp3) is 0.462. The largest absolute Gasteiger partial charge is 0.350 e. The highest BCUT2D eigenvalue weighted by Gasteiger charge is 2.34. The van der Waals surface area contributed by atoms with Crippen LogP contribution in [0.1, 0.15) is 45.2 Å². The summed E-state index contributed by atoms with van der Waals surface area (Å²) in [5.74, 6) is -0.737. The average Bonchev–Trinajstić information content (AvgIpc) is 2.76. The second-order valence-corrected chi connectivity index (χ2v) is 11.9. The molecule has 0 fully saturated rings. The molecule has 35 heavy (non-hydrogen) atoms. The number of anilines is 1. The Balaban J connectivity index is 2.50. The van der Waals surface area contributed by atoms with Crippen LogP contribution in [0, 0.1) is 6.92 Å². The molecule has 0 spiro atoms. The summed E-state index contributed by atoms with van der Waals surface area (Å²) in [6.07, 6.45) is 0.380. The Labute approximate surface area is 210 Å². The third kappa shape index (κ3) is 7.80. The molecule has 0 aliphatic heterocycles. The van der Waals surface area contributed by atoms with Crippen molar-refractivity contribution in [1.29, 1.82) is 0 Å². The van der Waals surface area contributed by atoms with Gasteiger partial charge in [0, 0.05) is 26.2 Å². The molecule has 1 atom stereocenters. The Morgan fingerprint density at radius 2 is 1.63 bits per heavy atom. The van der Waals surface area contributed by atoms with E-state index in [1.807, 2.05) is 58.9 Å². The second kappa shape index (κ2) is 11.7. The fourth-order valence-corrected chi connectivity index (χ4v) is 4.75. The van der Waals surface area contributed by atoms with Crippen molar-refractivity contribution in [3.05, 3.63) is 65.7 Å². The molecular formula is C26H38N4O4S. The van der Waals surface area contributed by atoms with Gasteiger partial charge in [0.15, 0.2) is 0 Å². The minimum absolute atomic E-state index is 0.182. The van der Waals surface area contributed by atoms with Crippen LogP contribution in [-0.2, 0) is 26.3 Å². The number of para-hydroxylation sites is 1. The number of benzene rings is 2. The number of amides is 2. The molecule has 0 saturated carbocycles. The Morgan fingerprint density at radius 1 is 1.00 bits per heavy atom. The molecule has 192 valence electrons. The standard InChI is InChI=1S/C26H38N4O4S/c1-8-23(25(32)27-26(3,4)5)29(18-21-14-12-13-20(2)17-21)24(31)19-30(35(33,34)28(6)7)22-15-10-9-11-16-22/h9-17,23H,8,18-19H2,1-7H3,(H,27,32)/t23-/m0/s1. The summed E-state index contributed by atoms with van der Waals surface area (Å²) in [4.78, 5) is 28.5. The average molecular weight is 503 g/mol. The lowest BCUT2D eigenvalue weighted by molar-refractivity contribution is -0.141. The maximum absolute atomic E-state index is 13.8. The first-order chi connectivity index (χ1) is 16.3. The fourth-order valence-electron chi connectivity index (χ4n) is 3.69. The Bertz CT molecular complexity index is 1110. The predicted octanol–water partition coefficient (Wildman–Crippen LogP) is 3.33. The molecule has 0 bridgehead atoms. The van der Waals surface area contributed by atoms with Crippen LogP contribution >= 0.6 is 0 Å². The minimum Gasteiger partial charge on any atom is -0.350 e. The van der Waals surface area contributed by atoms with Crippen LogP contribution in [0.15, 0.2) is 54.6 Å². The SMILES string of the molecule is CC[C@@H](C(=O)NC(C)(C)C)N(Cc1cccc(C)c1)C(=O)CN(c1ccccc1)S(=O)(=O)N(C)C. The number of rotatable bonds is 10. The van der Waals surface area contributed by atoms with Crippen molar-refractivity contribution in [3.8, 4) is 0 Å². The van der Waals surface area contributed by atoms with Crippen molar-refractivity contribution < 1.29 is 18.0 Å². The van der Waals surface area contributed by atoms with Gasteiger partial charge in [-0.25, -0.2) is 4.31 Å². The molecule has 0 aliphatic carbocycles. The molecule has 2 aromatic rings. The molecule has 2 amide bonds. The first-order valence-corrected chi connectivity index (χ1v) is 13.1. The summed E-state index contributed by atoms with van der Waals surface area (Å²) in [5.41, 5.74) is 1.79. The number of nitrogens with one attached hydrogen (secondary N) is 1. The molecule has 0 heterocycles. The maximum Gasteiger partial charge on any atom is 0.304 e. The predicted molar refractivity (Wildman–Crippen MR) is 140 cm³/mol. The highest BCUT2D eigenvalue weighted by Crippen LogP contribution is 2.21. The molecule has 0 unspecified atom stereocenters. The number of carbonyl (C=O) groups excluding carboxylic acids is 2. The van der Waals surface area contributed by atoms with E-state index >= 15 is 0 Å². The van der Waals surface area contributed by atoms with Gasteiger partial charge in [-0.05, 0) is 51.8 Å². The summed E-state index contributed by atoms with van der Waals surface area (Å²) in [7, 11) is -1.12. The molecule has 0 radical (unpaired) electrons. The van der Waals surface area contributed by atoms with E-state index in [2.05, 4.69) is 5.32 Å². The van der Waals surface area contributed by atoms with Gasteiger partial charge < -0.3 is 10.2 Å². The van der Waals surface area contributed by atoms with Crippen LogP contribution in [0.25, 0.3) is 0 Å². The summed E-state index contributed by atoms with van der Waals surface area (Å²) >= 11 is 0. The van der Waals surface area contributed by atoms with Crippen molar-refractivity contribution in [1.82, 2.24) is 14.5 Å². The normalized spacial score (nSPS) is 12.8. The van der Waals surface area contributed by atoms with E-state index in [-0.39, 0.29) is 12.5 Å². The Morgan fingerprint density at radius 3 is 2.14 bits per heavy atom. The van der Waals surface area contributed by atoms with Gasteiger partial charge in [0.1, 0.15) is 12.6 Å². The molecule has 1 N–H and O–H groups in total. The third-order valence-corrected chi connectivity index (χ3v) is 7.20. The molecule has 2 rings (SSSR count). The van der Waals surface area contributed by atoms with Crippen molar-refractivity contribution in [2.24, 2.45) is 0 Å². The van der Waals surface area contributed by atoms with Gasteiger partial charge in [0.25, 0.3) is 0 Å². The van der Waals surface area contributed by atoms with Crippen LogP contribution in [0.5, 0.6) is 0 Å². The molecule has 0 saturated heterocycles. The first kappa shape index (κ1) is 28.3. The number of carbonyl (C=O) groups is 2. The van der Waals surface area contributed by atoms with E-state index in [0.717, 1.165) is 19.7 Å². The van der Waals surface area contributed by atoms with Crippen molar-refractivity contribution in [2.75, 3.05) is 24.9 Å². The van der Waals surface area contributed by atoms with Gasteiger partial charge >= 0.3 is 10.2 Å². The van der Waals surface area contributed by atoms with E-state index in [0.29, 0.717) is 12.1 Å². The number of aryl methyl sites for hydroxylation is 1. The lowest BCUT2D eigenvalue weighted by Gasteiger charge is -2.35. The van der Waals surface area contributed by atoms with Gasteiger partial charge in [-0.2, -0.15) is 12.7 Å². The maximum atomic E-state index is 13.8. The number of hydrogen-bond acceptors (Lipinski definition) is 4. The lowest BCUT2D eigenvalue weighted by Crippen LogP contribution is -2.55. The monoisotopic (exact) mass is 502 g/mol. The Hall–Kier alpha value is -2.91. The number of hydrogen-bond donors (Lipinski definition) is 1. The smallest absolute Gasteiger partial charge is 0.304 e. The van der Waals surface area contributed by atoms with Crippen LogP contribution in [0.4, 0.5) is 5.69 Å². The summed E-state index contributed by atoms with van der Waals surface area (Å²) in [6.45, 7) is 9.19. The quantitative estimate of drug-likeness (QED) is 0.540. The van der Waals surface area contributed by atoms with Crippen molar-refractivity contribution >= 4 is 27.7 Å². The van der Waals surface area contributed by atoms with E-state index in [9.17, 15) is 18.0 Å². The van der Waals surface area contributed by atoms with E-state index < -0.39 is 34.2 Å². The molecule has 0 aromatic heterocycles. The van der Waals surface area contributed by atoms with Gasteiger partial charge in [-0.3, -0.25) is 9.59 Å². The zero-order valence-corrected chi connectivity index (χ0v) is 22.6. The topological polar surface area (TPSA) is 90.0 Å². The Kier molecular flexibility index (Phi) is 9.45. The van der Waals surface area contributed by atoms with E-state index in [1.54, 1.807) is 30.3 Å². The van der Waals surface area contributed by atoms with Crippen LogP contribution < -0.4 is 9.62 Å². The molecule has 0 aliphatic rings. The summed E-state index contributed by atoms with van der Waals surface area (Å²) < 4.78 is 28.5. The van der Waals surface area contributed by atoms with Crippen molar-refractivity contribution in [3.63, 3.8) is 0 Å². The van der Waals surface area contributed by atoms with E-state index in [4.69, 9.17) is 0 Å². The second-order valence-electron chi connectivity index (χ2n) is 9.81. The van der Waals surface area contributed by atoms with Gasteiger partial charge in [0.05, 0.1) is 5.69 Å². The van der Waals surface area contributed by atoms with Crippen LogP contribution in [0.3, 0.4) is 0 Å². The van der Waals surface area contributed by atoms with Crippen LogP contribution in [-0.4, -0.2) is 61.7 Å². The first-order valence-electron chi connectivity index (χ1n) is 11.7. The molecule has 8 nitrogen and oxygen atoms in total. The molecular weight excluding hydrogens is 464 g/mol. The van der Waals surface area contributed by atoms with Gasteiger partial charge in [-0.15, -0.1) is 0 Å². The highest BCUT2D eigenvalue weighted by atomic mass is 32.2. The van der Waals surface area contributed by atoms with Crippen LogP contribution in [0.2, 0.25) is 0 Å². The highest BCUT2D eigenvalue weighted by molar-refractivity contribution is 7.90.